The maximum atomic E-state index is 12.9. The number of aryl methyl sites for hydroxylation is 2. The molecule has 1 aromatic heterocycles. The number of carbonyl (C=O) groups excluding carboxylic acids is 1. The summed E-state index contributed by atoms with van der Waals surface area (Å²) in [7, 11) is 3.62. The van der Waals surface area contributed by atoms with E-state index in [4.69, 9.17) is 4.74 Å². The fraction of sp³-hybridized carbons (Fsp3) is 0.524. The highest BCUT2D eigenvalue weighted by Gasteiger charge is 2.29. The van der Waals surface area contributed by atoms with E-state index < -0.39 is 0 Å². The molecule has 2 heterocycles. The number of benzene rings is 1. The maximum Gasteiger partial charge on any atom is 0.317 e. The molecular weight excluding hydrogens is 340 g/mol. The predicted molar refractivity (Wildman–Crippen MR) is 106 cm³/mol. The molecule has 0 radical (unpaired) electrons. The van der Waals surface area contributed by atoms with Crippen LogP contribution in [0.2, 0.25) is 0 Å². The van der Waals surface area contributed by atoms with E-state index in [1.807, 2.05) is 35.7 Å². The Morgan fingerprint density at radius 1 is 1.33 bits per heavy atom. The Labute approximate surface area is 161 Å². The van der Waals surface area contributed by atoms with E-state index >= 15 is 0 Å². The molecule has 2 atom stereocenters. The van der Waals surface area contributed by atoms with E-state index in [1.165, 1.54) is 5.56 Å². The van der Waals surface area contributed by atoms with Gasteiger partial charge in [0.05, 0.1) is 18.8 Å². The first kappa shape index (κ1) is 19.3. The number of rotatable bonds is 5. The van der Waals surface area contributed by atoms with Crippen molar-refractivity contribution in [2.45, 2.75) is 45.6 Å². The summed E-state index contributed by atoms with van der Waals surface area (Å²) in [5.41, 5.74) is 4.49. The number of hydrogen-bond donors (Lipinski definition) is 1. The van der Waals surface area contributed by atoms with Gasteiger partial charge in [-0.25, -0.2) is 4.79 Å². The summed E-state index contributed by atoms with van der Waals surface area (Å²) in [5.74, 6) is 1.24. The minimum absolute atomic E-state index is 0.00811. The highest BCUT2D eigenvalue weighted by Crippen LogP contribution is 2.29. The Balaban J connectivity index is 1.65. The van der Waals surface area contributed by atoms with Gasteiger partial charge in [0.25, 0.3) is 0 Å². The summed E-state index contributed by atoms with van der Waals surface area (Å²) < 4.78 is 7.11. The van der Waals surface area contributed by atoms with Crippen LogP contribution in [0.15, 0.2) is 24.3 Å². The summed E-state index contributed by atoms with van der Waals surface area (Å²) in [5, 5.41) is 7.72. The van der Waals surface area contributed by atoms with Crippen LogP contribution in [0, 0.1) is 13.8 Å². The first-order chi connectivity index (χ1) is 12.9. The van der Waals surface area contributed by atoms with Gasteiger partial charge in [-0.3, -0.25) is 4.68 Å². The molecule has 1 aliphatic rings. The van der Waals surface area contributed by atoms with Crippen LogP contribution in [-0.2, 0) is 7.05 Å². The van der Waals surface area contributed by atoms with Crippen LogP contribution in [0.4, 0.5) is 4.79 Å². The van der Waals surface area contributed by atoms with Crippen LogP contribution in [0.5, 0.6) is 5.75 Å². The van der Waals surface area contributed by atoms with Gasteiger partial charge in [0.2, 0.25) is 0 Å². The van der Waals surface area contributed by atoms with Crippen LogP contribution >= 0.6 is 0 Å². The highest BCUT2D eigenvalue weighted by atomic mass is 16.5. The Hall–Kier alpha value is -2.50. The van der Waals surface area contributed by atoms with Gasteiger partial charge in [-0.1, -0.05) is 19.1 Å². The number of nitrogens with one attached hydrogen (secondary N) is 1. The summed E-state index contributed by atoms with van der Waals surface area (Å²) in [6.45, 7) is 7.69. The summed E-state index contributed by atoms with van der Waals surface area (Å²) in [4.78, 5) is 14.8. The molecule has 1 fully saturated rings. The van der Waals surface area contributed by atoms with Crippen LogP contribution in [0.3, 0.4) is 0 Å². The van der Waals surface area contributed by atoms with Crippen molar-refractivity contribution in [2.75, 3.05) is 20.2 Å². The average molecular weight is 370 g/mol. The molecular formula is C21H30N4O2. The molecule has 1 N–H and O–H groups in total. The number of likely N-dealkylation sites (tertiary alicyclic amines) is 1. The molecule has 27 heavy (non-hydrogen) atoms. The third-order valence-corrected chi connectivity index (χ3v) is 5.68. The largest absolute Gasteiger partial charge is 0.497 e. The first-order valence-electron chi connectivity index (χ1n) is 9.64. The number of amides is 2. The monoisotopic (exact) mass is 370 g/mol. The van der Waals surface area contributed by atoms with Crippen molar-refractivity contribution < 1.29 is 9.53 Å². The molecule has 2 unspecified atom stereocenters. The van der Waals surface area contributed by atoms with E-state index in [0.29, 0.717) is 5.92 Å². The summed E-state index contributed by atoms with van der Waals surface area (Å²) in [6.07, 6.45) is 1.83. The Morgan fingerprint density at radius 2 is 2.04 bits per heavy atom. The van der Waals surface area contributed by atoms with Crippen molar-refractivity contribution in [1.82, 2.24) is 20.0 Å². The van der Waals surface area contributed by atoms with E-state index in [1.54, 1.807) is 7.11 Å². The minimum atomic E-state index is -0.00811. The lowest BCUT2D eigenvalue weighted by Gasteiger charge is -2.23. The topological polar surface area (TPSA) is 59.4 Å². The first-order valence-corrected chi connectivity index (χ1v) is 9.64. The van der Waals surface area contributed by atoms with Gasteiger partial charge < -0.3 is 15.0 Å². The Morgan fingerprint density at radius 3 is 2.59 bits per heavy atom. The normalized spacial score (nSPS) is 17.8. The molecule has 3 rings (SSSR count). The number of methoxy groups -OCH3 is 1. The van der Waals surface area contributed by atoms with Gasteiger partial charge >= 0.3 is 6.03 Å². The summed E-state index contributed by atoms with van der Waals surface area (Å²) >= 11 is 0. The number of nitrogens with zero attached hydrogens (tertiary/aromatic N) is 3. The quantitative estimate of drug-likeness (QED) is 0.873. The standard InChI is InChI=1S/C21H30N4O2/c1-6-19(20-14(2)23-24(4)15(20)3)22-21(26)25-12-11-17(13-25)16-7-9-18(27-5)10-8-16/h7-10,17,19H,6,11-13H2,1-5H3,(H,22,26). The highest BCUT2D eigenvalue weighted by molar-refractivity contribution is 5.75. The zero-order valence-corrected chi connectivity index (χ0v) is 17.0. The zero-order valence-electron chi connectivity index (χ0n) is 17.0. The molecule has 6 heteroatoms. The number of ether oxygens (including phenoxy) is 1. The molecule has 2 amide bonds. The van der Waals surface area contributed by atoms with Gasteiger partial charge in [-0.15, -0.1) is 0 Å². The van der Waals surface area contributed by atoms with E-state index in [-0.39, 0.29) is 12.1 Å². The van der Waals surface area contributed by atoms with E-state index in [0.717, 1.165) is 48.6 Å². The van der Waals surface area contributed by atoms with Crippen molar-refractivity contribution in [1.29, 1.82) is 0 Å². The van der Waals surface area contributed by atoms with Gasteiger partial charge in [-0.2, -0.15) is 5.10 Å². The second kappa shape index (κ2) is 8.03. The van der Waals surface area contributed by atoms with Crippen molar-refractivity contribution in [2.24, 2.45) is 7.05 Å². The molecule has 1 saturated heterocycles. The molecule has 2 aromatic rings. The van der Waals surface area contributed by atoms with E-state index in [2.05, 4.69) is 36.4 Å². The fourth-order valence-electron chi connectivity index (χ4n) is 4.01. The molecule has 0 spiro atoms. The third-order valence-electron chi connectivity index (χ3n) is 5.68. The van der Waals surface area contributed by atoms with Gasteiger partial charge in [0.15, 0.2) is 0 Å². The van der Waals surface area contributed by atoms with Crippen LogP contribution in [-0.4, -0.2) is 40.9 Å². The lowest BCUT2D eigenvalue weighted by Crippen LogP contribution is -2.40. The van der Waals surface area contributed by atoms with Gasteiger partial charge in [-0.05, 0) is 44.4 Å². The van der Waals surface area contributed by atoms with Gasteiger partial charge in [0.1, 0.15) is 5.75 Å². The third kappa shape index (κ3) is 3.94. The van der Waals surface area contributed by atoms with Gasteiger partial charge in [0, 0.05) is 37.3 Å². The molecule has 6 nitrogen and oxygen atoms in total. The van der Waals surface area contributed by atoms with Crippen molar-refractivity contribution in [3.05, 3.63) is 46.8 Å². The average Bonchev–Trinajstić information content (AvgIpc) is 3.26. The molecule has 1 aromatic carbocycles. The van der Waals surface area contributed by atoms with Crippen molar-refractivity contribution in [3.63, 3.8) is 0 Å². The van der Waals surface area contributed by atoms with Crippen molar-refractivity contribution in [3.8, 4) is 5.75 Å². The second-order valence-corrected chi connectivity index (χ2v) is 7.32. The predicted octanol–water partition coefficient (Wildman–Crippen LogP) is 3.70. The van der Waals surface area contributed by atoms with Crippen LogP contribution in [0.25, 0.3) is 0 Å². The zero-order chi connectivity index (χ0) is 19.6. The molecule has 0 saturated carbocycles. The maximum absolute atomic E-state index is 12.9. The number of carbonyl (C=O) groups is 1. The number of aromatic nitrogens is 2. The number of hydrogen-bond acceptors (Lipinski definition) is 3. The van der Waals surface area contributed by atoms with E-state index in [9.17, 15) is 4.79 Å². The molecule has 0 bridgehead atoms. The molecule has 0 aliphatic carbocycles. The minimum Gasteiger partial charge on any atom is -0.497 e. The molecule has 1 aliphatic heterocycles. The number of urea groups is 1. The van der Waals surface area contributed by atoms with Crippen molar-refractivity contribution >= 4 is 6.03 Å². The summed E-state index contributed by atoms with van der Waals surface area (Å²) in [6, 6.07) is 8.18. The van der Waals surface area contributed by atoms with Crippen LogP contribution in [0.1, 0.15) is 54.2 Å². The Kier molecular flexibility index (Phi) is 5.73. The second-order valence-electron chi connectivity index (χ2n) is 7.32. The fourth-order valence-corrected chi connectivity index (χ4v) is 4.01. The lowest BCUT2D eigenvalue weighted by atomic mass is 9.98. The Bertz CT molecular complexity index is 797. The molecule has 146 valence electrons. The SMILES string of the molecule is CCC(NC(=O)N1CCC(c2ccc(OC)cc2)C1)c1c(C)nn(C)c1C. The van der Waals surface area contributed by atoms with Crippen LogP contribution < -0.4 is 10.1 Å². The smallest absolute Gasteiger partial charge is 0.317 e. The lowest BCUT2D eigenvalue weighted by molar-refractivity contribution is 0.203.